The lowest BCUT2D eigenvalue weighted by molar-refractivity contribution is -0.135. The lowest BCUT2D eigenvalue weighted by atomic mass is 9.87. The molecule has 2 aromatic rings. The molecule has 2 N–H and O–H groups in total. The van der Waals surface area contributed by atoms with Crippen LogP contribution in [0.4, 0.5) is 0 Å². The van der Waals surface area contributed by atoms with E-state index in [1.165, 1.54) is 6.07 Å². The molecule has 27 heavy (non-hydrogen) atoms. The van der Waals surface area contributed by atoms with Crippen LogP contribution in [0, 0.1) is 19.3 Å². The molecule has 0 aromatic heterocycles. The molecular formula is C22H26N2O3. The zero-order chi connectivity index (χ0) is 19.8. The number of aromatic hydroxyl groups is 1. The molecule has 0 spiro atoms. The molecule has 0 saturated carbocycles. The minimum Gasteiger partial charge on any atom is -0.507 e. The van der Waals surface area contributed by atoms with Crippen molar-refractivity contribution in [3.8, 4) is 5.75 Å². The van der Waals surface area contributed by atoms with Crippen molar-refractivity contribution in [3.63, 3.8) is 0 Å². The quantitative estimate of drug-likeness (QED) is 0.873. The highest BCUT2D eigenvalue weighted by Crippen LogP contribution is 2.33. The van der Waals surface area contributed by atoms with E-state index in [9.17, 15) is 14.7 Å². The molecule has 2 amide bonds. The minimum absolute atomic E-state index is 0.0165. The molecule has 0 bridgehead atoms. The number of phenols is 1. The molecule has 1 saturated heterocycles. The summed E-state index contributed by atoms with van der Waals surface area (Å²) in [5, 5.41) is 12.9. The maximum Gasteiger partial charge on any atom is 0.255 e. The van der Waals surface area contributed by atoms with E-state index in [4.69, 9.17) is 0 Å². The monoisotopic (exact) mass is 366 g/mol. The Morgan fingerprint density at radius 2 is 1.89 bits per heavy atom. The van der Waals surface area contributed by atoms with Crippen molar-refractivity contribution in [2.24, 2.45) is 5.41 Å². The molecule has 5 nitrogen and oxygen atoms in total. The summed E-state index contributed by atoms with van der Waals surface area (Å²) in [6, 6.07) is 12.7. The molecule has 0 radical (unpaired) electrons. The third kappa shape index (κ3) is 3.82. The second kappa shape index (κ2) is 7.06. The molecular weight excluding hydrogens is 340 g/mol. The van der Waals surface area contributed by atoms with E-state index in [1.54, 1.807) is 17.0 Å². The maximum atomic E-state index is 12.9. The predicted octanol–water partition coefficient (Wildman–Crippen LogP) is 3.18. The van der Waals surface area contributed by atoms with Crippen LogP contribution in [0.15, 0.2) is 42.5 Å². The number of benzene rings is 2. The summed E-state index contributed by atoms with van der Waals surface area (Å²) >= 11 is 0. The predicted molar refractivity (Wildman–Crippen MR) is 104 cm³/mol. The van der Waals surface area contributed by atoms with Gasteiger partial charge in [-0.25, -0.2) is 0 Å². The highest BCUT2D eigenvalue weighted by atomic mass is 16.3. The maximum absolute atomic E-state index is 12.9. The summed E-state index contributed by atoms with van der Waals surface area (Å²) in [5.74, 6) is -0.404. The number of carbonyl (C=O) groups excluding carboxylic acids is 2. The van der Waals surface area contributed by atoms with Crippen molar-refractivity contribution < 1.29 is 14.7 Å². The van der Waals surface area contributed by atoms with E-state index < -0.39 is 5.41 Å². The van der Waals surface area contributed by atoms with Crippen molar-refractivity contribution in [3.05, 3.63) is 64.7 Å². The Morgan fingerprint density at radius 3 is 2.59 bits per heavy atom. The number of nitrogens with one attached hydrogen (secondary N) is 1. The van der Waals surface area contributed by atoms with Gasteiger partial charge in [-0.1, -0.05) is 41.5 Å². The van der Waals surface area contributed by atoms with Crippen LogP contribution in [0.5, 0.6) is 5.75 Å². The van der Waals surface area contributed by atoms with E-state index in [0.717, 1.165) is 16.7 Å². The van der Waals surface area contributed by atoms with Gasteiger partial charge in [-0.2, -0.15) is 0 Å². The van der Waals surface area contributed by atoms with Crippen LogP contribution < -0.4 is 5.32 Å². The number of carbonyl (C=O) groups is 2. The Kier molecular flexibility index (Phi) is 4.96. The van der Waals surface area contributed by atoms with Crippen LogP contribution in [0.3, 0.4) is 0 Å². The normalized spacial score (nSPS) is 18.6. The van der Waals surface area contributed by atoms with Crippen molar-refractivity contribution in [2.75, 3.05) is 6.54 Å². The van der Waals surface area contributed by atoms with E-state index in [2.05, 4.69) is 11.4 Å². The number of amides is 2. The second-order valence-electron chi connectivity index (χ2n) is 7.94. The fourth-order valence-electron chi connectivity index (χ4n) is 3.55. The first-order valence-electron chi connectivity index (χ1n) is 9.14. The van der Waals surface area contributed by atoms with E-state index in [1.807, 2.05) is 45.9 Å². The smallest absolute Gasteiger partial charge is 0.255 e. The van der Waals surface area contributed by atoms with Gasteiger partial charge in [0.15, 0.2) is 0 Å². The van der Waals surface area contributed by atoms with Gasteiger partial charge >= 0.3 is 0 Å². The minimum atomic E-state index is -0.709. The van der Waals surface area contributed by atoms with Gasteiger partial charge in [-0.3, -0.25) is 9.59 Å². The third-order valence-corrected chi connectivity index (χ3v) is 5.27. The molecule has 1 aliphatic heterocycles. The molecule has 1 atom stereocenters. The lowest BCUT2D eigenvalue weighted by Crippen LogP contribution is -2.45. The molecule has 142 valence electrons. The van der Waals surface area contributed by atoms with Crippen LogP contribution in [-0.2, 0) is 11.3 Å². The van der Waals surface area contributed by atoms with E-state index in [0.29, 0.717) is 13.1 Å². The van der Waals surface area contributed by atoms with Crippen molar-refractivity contribution in [1.82, 2.24) is 10.2 Å². The SMILES string of the molecule is Cc1cccc(CN2CC(NC(=O)c3cc(C)ccc3O)C(C)(C)C2=O)c1. The van der Waals surface area contributed by atoms with Gasteiger partial charge in [0.2, 0.25) is 5.91 Å². The van der Waals surface area contributed by atoms with Gasteiger partial charge in [-0.15, -0.1) is 0 Å². The first kappa shape index (κ1) is 19.0. The average Bonchev–Trinajstić information content (AvgIpc) is 2.80. The number of hydrogen-bond donors (Lipinski definition) is 2. The Labute approximate surface area is 160 Å². The highest BCUT2D eigenvalue weighted by Gasteiger charge is 2.47. The van der Waals surface area contributed by atoms with Gasteiger partial charge in [-0.05, 0) is 45.4 Å². The largest absolute Gasteiger partial charge is 0.507 e. The Balaban J connectivity index is 1.77. The summed E-state index contributed by atoms with van der Waals surface area (Å²) in [5.41, 5.74) is 2.63. The Morgan fingerprint density at radius 1 is 1.19 bits per heavy atom. The summed E-state index contributed by atoms with van der Waals surface area (Å²) in [7, 11) is 0. The summed E-state index contributed by atoms with van der Waals surface area (Å²) in [6.07, 6.45) is 0. The third-order valence-electron chi connectivity index (χ3n) is 5.27. The van der Waals surface area contributed by atoms with Crippen LogP contribution in [0.1, 0.15) is 40.9 Å². The average molecular weight is 366 g/mol. The lowest BCUT2D eigenvalue weighted by Gasteiger charge is -2.24. The summed E-state index contributed by atoms with van der Waals surface area (Å²) in [6.45, 7) is 8.56. The number of phenolic OH excluding ortho intramolecular Hbond substituents is 1. The summed E-state index contributed by atoms with van der Waals surface area (Å²) < 4.78 is 0. The van der Waals surface area contributed by atoms with Crippen LogP contribution >= 0.6 is 0 Å². The van der Waals surface area contributed by atoms with Crippen LogP contribution in [-0.4, -0.2) is 34.4 Å². The molecule has 0 aliphatic carbocycles. The fraction of sp³-hybridized carbons (Fsp3) is 0.364. The number of rotatable bonds is 4. The first-order chi connectivity index (χ1) is 12.7. The first-order valence-corrected chi connectivity index (χ1v) is 9.14. The molecule has 5 heteroatoms. The van der Waals surface area contributed by atoms with Crippen molar-refractivity contribution >= 4 is 11.8 Å². The van der Waals surface area contributed by atoms with Gasteiger partial charge in [0.1, 0.15) is 5.75 Å². The van der Waals surface area contributed by atoms with Gasteiger partial charge < -0.3 is 15.3 Å². The molecule has 2 aromatic carbocycles. The zero-order valence-electron chi connectivity index (χ0n) is 16.2. The number of nitrogens with zero attached hydrogens (tertiary/aromatic N) is 1. The molecule has 3 rings (SSSR count). The number of aryl methyl sites for hydroxylation is 2. The fourth-order valence-corrected chi connectivity index (χ4v) is 3.55. The Hall–Kier alpha value is -2.82. The van der Waals surface area contributed by atoms with E-state index in [-0.39, 0.29) is 29.2 Å². The van der Waals surface area contributed by atoms with E-state index >= 15 is 0 Å². The zero-order valence-corrected chi connectivity index (χ0v) is 16.2. The van der Waals surface area contributed by atoms with Crippen molar-refractivity contribution in [1.29, 1.82) is 0 Å². The standard InChI is InChI=1S/C22H26N2O3/c1-14-6-5-7-16(10-14)12-24-13-19(22(3,4)21(24)27)23-20(26)17-11-15(2)8-9-18(17)25/h5-11,19,25H,12-13H2,1-4H3,(H,23,26). The van der Waals surface area contributed by atoms with Gasteiger partial charge in [0.05, 0.1) is 17.0 Å². The topological polar surface area (TPSA) is 69.6 Å². The van der Waals surface area contributed by atoms with Crippen LogP contribution in [0.25, 0.3) is 0 Å². The van der Waals surface area contributed by atoms with Gasteiger partial charge in [0.25, 0.3) is 5.91 Å². The second-order valence-corrected chi connectivity index (χ2v) is 7.94. The number of likely N-dealkylation sites (tertiary alicyclic amines) is 1. The summed E-state index contributed by atoms with van der Waals surface area (Å²) in [4.78, 5) is 27.4. The molecule has 1 unspecified atom stereocenters. The number of hydrogen-bond acceptors (Lipinski definition) is 3. The van der Waals surface area contributed by atoms with Gasteiger partial charge in [0, 0.05) is 13.1 Å². The molecule has 1 fully saturated rings. The molecule has 1 aliphatic rings. The highest BCUT2D eigenvalue weighted by molar-refractivity contribution is 5.98. The van der Waals surface area contributed by atoms with Crippen molar-refractivity contribution in [2.45, 2.75) is 40.3 Å². The molecule has 1 heterocycles. The Bertz CT molecular complexity index is 889. The van der Waals surface area contributed by atoms with Crippen LogP contribution in [0.2, 0.25) is 0 Å².